The normalized spacial score (nSPS) is 21.1. The molecule has 252 valence electrons. The predicted octanol–water partition coefficient (Wildman–Crippen LogP) is 6.88. The molecule has 1 unspecified atom stereocenters. The number of terminal acetylenes is 1. The van der Waals surface area contributed by atoms with E-state index in [2.05, 4.69) is 48.4 Å². The van der Waals surface area contributed by atoms with Crippen LogP contribution in [0.3, 0.4) is 0 Å². The number of para-hydroxylation sites is 2. The Labute approximate surface area is 334 Å². The Kier molecular flexibility index (Phi) is 10.1. The molecule has 0 saturated carbocycles. The summed E-state index contributed by atoms with van der Waals surface area (Å²) < 4.78 is 19.6. The highest BCUT2D eigenvalue weighted by atomic mass is 16.7. The molecule has 5 aromatic rings. The van der Waals surface area contributed by atoms with Crippen LogP contribution in [0.25, 0.3) is 38.6 Å². The van der Waals surface area contributed by atoms with Gasteiger partial charge < -0.3 is 13.7 Å². The molecule has 1 aliphatic carbocycles. The molecule has 1 fully saturated rings. The molecule has 7 rings (SSSR count). The van der Waals surface area contributed by atoms with Gasteiger partial charge in [-0.15, -0.1) is 33.8 Å². The highest BCUT2D eigenvalue weighted by Gasteiger charge is 2.52. The van der Waals surface area contributed by atoms with E-state index in [1.807, 2.05) is 70.2 Å². The minimum atomic E-state index is -0.931. The maximum Gasteiger partial charge on any atom is 0.498 e. The lowest BCUT2D eigenvalue weighted by Gasteiger charge is -2.37. The third-order valence-electron chi connectivity index (χ3n) is 11.7. The molecule has 2 aliphatic rings. The van der Waals surface area contributed by atoms with Crippen molar-refractivity contribution >= 4 is 95.0 Å². The highest BCUT2D eigenvalue weighted by molar-refractivity contribution is 6.65. The van der Waals surface area contributed by atoms with Gasteiger partial charge >= 0.3 is 7.12 Å². The lowest BCUT2D eigenvalue weighted by atomic mass is 9.58. The van der Waals surface area contributed by atoms with Crippen molar-refractivity contribution in [1.29, 1.82) is 0 Å². The van der Waals surface area contributed by atoms with Crippen molar-refractivity contribution in [2.75, 3.05) is 0 Å². The van der Waals surface area contributed by atoms with Crippen LogP contribution in [0.15, 0.2) is 128 Å². The molecule has 3 nitrogen and oxygen atoms in total. The Morgan fingerprint density at radius 1 is 0.727 bits per heavy atom. The van der Waals surface area contributed by atoms with Crippen LogP contribution in [-0.4, -0.2) is 73.2 Å². The fourth-order valence-corrected chi connectivity index (χ4v) is 7.95. The van der Waals surface area contributed by atoms with Crippen molar-refractivity contribution in [2.45, 2.75) is 64.0 Å². The van der Waals surface area contributed by atoms with Crippen molar-refractivity contribution < 1.29 is 13.7 Å². The maximum absolute atomic E-state index is 6.85. The first kappa shape index (κ1) is 38.9. The zero-order valence-corrected chi connectivity index (χ0v) is 31.9. The van der Waals surface area contributed by atoms with Gasteiger partial charge in [0, 0.05) is 27.2 Å². The van der Waals surface area contributed by atoms with Crippen LogP contribution in [0, 0.1) is 12.3 Å². The van der Waals surface area contributed by atoms with Crippen LogP contribution in [0.2, 0.25) is 6.32 Å². The molecule has 14 radical (unpaired) electrons. The summed E-state index contributed by atoms with van der Waals surface area (Å²) in [5.74, 6) is 2.41. The topological polar surface area (TPSA) is 31.6 Å². The average molecular weight is 697 g/mol. The van der Waals surface area contributed by atoms with Crippen molar-refractivity contribution in [3.8, 4) is 23.5 Å². The summed E-state index contributed by atoms with van der Waals surface area (Å²) in [6.45, 7) is 9.89. The molecule has 11 heteroatoms. The van der Waals surface area contributed by atoms with Gasteiger partial charge in [-0.1, -0.05) is 115 Å². The summed E-state index contributed by atoms with van der Waals surface area (Å²) in [6, 6.07) is 28.5. The molecule has 1 aromatic heterocycles. The zero-order chi connectivity index (χ0) is 39.6. The van der Waals surface area contributed by atoms with Gasteiger partial charge in [-0.2, -0.15) is 0 Å². The summed E-state index contributed by atoms with van der Waals surface area (Å²) in [5, 5.41) is 1.96. The summed E-state index contributed by atoms with van der Waals surface area (Å²) >= 11 is 0. The van der Waals surface area contributed by atoms with Gasteiger partial charge in [0.2, 0.25) is 0 Å². The number of rotatable bonds is 7. The molecule has 0 N–H and O–H groups in total. The summed E-state index contributed by atoms with van der Waals surface area (Å²) in [6.07, 6.45) is 6.05. The van der Waals surface area contributed by atoms with Crippen molar-refractivity contribution in [3.63, 3.8) is 0 Å². The first-order valence-electron chi connectivity index (χ1n) is 18.2. The molecule has 0 amide bonds. The van der Waals surface area contributed by atoms with Crippen molar-refractivity contribution in [1.82, 2.24) is 0 Å². The van der Waals surface area contributed by atoms with Crippen LogP contribution in [0.5, 0.6) is 0 Å². The van der Waals surface area contributed by atoms with Gasteiger partial charge in [-0.25, -0.2) is 0 Å². The fourth-order valence-electron chi connectivity index (χ4n) is 7.95. The number of fused-ring (bicyclic) bond motifs is 4. The number of allylic oxidation sites excluding steroid dienone is 8. The second-order valence-electron chi connectivity index (χ2n) is 15.4. The Morgan fingerprint density at radius 2 is 1.33 bits per heavy atom. The Morgan fingerprint density at radius 3 is 1.95 bits per heavy atom. The monoisotopic (exact) mass is 698 g/mol. The first-order chi connectivity index (χ1) is 26.1. The van der Waals surface area contributed by atoms with E-state index in [1.165, 1.54) is 0 Å². The van der Waals surface area contributed by atoms with Crippen LogP contribution in [0.4, 0.5) is 0 Å². The number of benzene rings is 4. The zero-order valence-electron chi connectivity index (χ0n) is 31.9. The van der Waals surface area contributed by atoms with E-state index in [9.17, 15) is 0 Å². The SMILES string of the molecule is [B]C/C(=C([B])\C([B])=C(\[B])C#C)C1(c2ccc(-c3cccc4c3oc3c(B5OC(C)(C)C(C)(C)O5)cccc34)cc2)C/C(=C([B])\C([B])=C(\[B])C)c2ccccc21. The summed E-state index contributed by atoms with van der Waals surface area (Å²) in [7, 11) is 44.9. The molecule has 1 aliphatic heterocycles. The van der Waals surface area contributed by atoms with E-state index in [1.54, 1.807) is 6.92 Å². The smallest absolute Gasteiger partial charge is 0.456 e. The fraction of sp³-hybridized carbons (Fsp3) is 0.227. The second-order valence-corrected chi connectivity index (χ2v) is 15.4. The summed E-state index contributed by atoms with van der Waals surface area (Å²) in [5.41, 5.74) is 7.81. The molecule has 1 saturated heterocycles. The number of hydrogen-bond donors (Lipinski definition) is 0. The standard InChI is InChI=1S/C44H34B8O3/c1-7-34(47)39(51)38(50)33(23-45)44(22-31(37(49)36(48)24(2)46)28-12-8-9-16-32(28)44)26-20-18-25(19-21-26)27-13-10-14-29-30-15-11-17-35(41(30)53-40(27)29)52-54-42(3,4)43(5,6)55-52/h1,8-21H,22-23H2,2-6H3/b36-24-,37-31-,38-33-,39-34-. The van der Waals surface area contributed by atoms with Crippen LogP contribution in [-0.2, 0) is 14.7 Å². The molecule has 4 aromatic carbocycles. The van der Waals surface area contributed by atoms with Crippen molar-refractivity contribution in [2.24, 2.45) is 0 Å². The Balaban J connectivity index is 1.42. The molecule has 0 spiro atoms. The van der Waals surface area contributed by atoms with Gasteiger partial charge in [0.05, 0.1) is 19.0 Å². The third-order valence-corrected chi connectivity index (χ3v) is 11.7. The van der Waals surface area contributed by atoms with Gasteiger partial charge in [-0.3, -0.25) is 0 Å². The highest BCUT2D eigenvalue weighted by Crippen LogP contribution is 2.56. The largest absolute Gasteiger partial charge is 0.498 e. The molecule has 55 heavy (non-hydrogen) atoms. The first-order valence-corrected chi connectivity index (χ1v) is 18.2. The molecular formula is C44H34B8O3. The second kappa shape index (κ2) is 14.3. The number of furan rings is 1. The lowest BCUT2D eigenvalue weighted by molar-refractivity contribution is 0.00578. The van der Waals surface area contributed by atoms with Gasteiger partial charge in [0.15, 0.2) is 0 Å². The minimum Gasteiger partial charge on any atom is -0.456 e. The molecule has 0 bridgehead atoms. The van der Waals surface area contributed by atoms with Crippen LogP contribution in [0.1, 0.15) is 57.7 Å². The predicted molar refractivity (Wildman–Crippen MR) is 234 cm³/mol. The van der Waals surface area contributed by atoms with Gasteiger partial charge in [-0.05, 0) is 61.9 Å². The molecule has 1 atom stereocenters. The van der Waals surface area contributed by atoms with E-state index in [-0.39, 0.29) is 22.7 Å². The molecular weight excluding hydrogens is 663 g/mol. The van der Waals surface area contributed by atoms with Crippen molar-refractivity contribution in [3.05, 3.63) is 140 Å². The minimum absolute atomic E-state index is 0.0158. The lowest BCUT2D eigenvalue weighted by Crippen LogP contribution is -2.41. The summed E-state index contributed by atoms with van der Waals surface area (Å²) in [4.78, 5) is 0. The number of hydrogen-bond acceptors (Lipinski definition) is 3. The third kappa shape index (κ3) is 6.21. The maximum atomic E-state index is 6.85. The van der Waals surface area contributed by atoms with Crippen LogP contribution < -0.4 is 5.46 Å². The quantitative estimate of drug-likeness (QED) is 0.106. The Bertz CT molecular complexity index is 2530. The average Bonchev–Trinajstić information content (AvgIpc) is 3.80. The van der Waals surface area contributed by atoms with Crippen LogP contribution >= 0.6 is 0 Å². The van der Waals surface area contributed by atoms with Gasteiger partial charge in [0.25, 0.3) is 0 Å². The Hall–Kier alpha value is -4.36. The van der Waals surface area contributed by atoms with E-state index >= 15 is 0 Å². The van der Waals surface area contributed by atoms with Gasteiger partial charge in [0.1, 0.15) is 58.2 Å². The van der Waals surface area contributed by atoms with E-state index in [4.69, 9.17) is 75.1 Å². The van der Waals surface area contributed by atoms with E-state index in [0.29, 0.717) is 28.4 Å². The van der Waals surface area contributed by atoms with E-state index < -0.39 is 23.7 Å². The van der Waals surface area contributed by atoms with E-state index in [0.717, 1.165) is 60.8 Å². The molecule has 2 heterocycles.